The fourth-order valence-corrected chi connectivity index (χ4v) is 3.46. The number of benzene rings is 1. The average molecular weight is 493 g/mol. The van der Waals surface area contributed by atoms with Gasteiger partial charge in [0, 0.05) is 26.2 Å². The number of rotatable bonds is 7. The molecule has 1 saturated heterocycles. The van der Waals surface area contributed by atoms with Crippen molar-refractivity contribution in [3.05, 3.63) is 58.0 Å². The third kappa shape index (κ3) is 7.27. The number of carbonyl (C=O) groups excluding carboxylic acids is 2. The Morgan fingerprint density at radius 3 is 2.74 bits per heavy atom. The van der Waals surface area contributed by atoms with Crippen molar-refractivity contribution in [2.24, 2.45) is 5.84 Å². The fourth-order valence-electron chi connectivity index (χ4n) is 3.14. The van der Waals surface area contributed by atoms with Crippen molar-refractivity contribution in [3.63, 3.8) is 0 Å². The highest BCUT2D eigenvalue weighted by atomic mass is 35.5. The van der Waals surface area contributed by atoms with E-state index in [-0.39, 0.29) is 30.8 Å². The van der Waals surface area contributed by atoms with E-state index < -0.39 is 18.0 Å². The number of furan rings is 1. The van der Waals surface area contributed by atoms with E-state index in [1.807, 2.05) is 17.6 Å². The van der Waals surface area contributed by atoms with Gasteiger partial charge >= 0.3 is 6.03 Å². The van der Waals surface area contributed by atoms with Crippen LogP contribution in [0.25, 0.3) is 0 Å². The molecule has 1 aliphatic heterocycles. The number of amides is 3. The molecule has 1 unspecified atom stereocenters. The molecular formula is C19H24Cl3N5O4. The van der Waals surface area contributed by atoms with E-state index in [0.29, 0.717) is 29.7 Å². The zero-order valence-electron chi connectivity index (χ0n) is 16.5. The van der Waals surface area contributed by atoms with Gasteiger partial charge in [-0.1, -0.05) is 29.3 Å². The van der Waals surface area contributed by atoms with Crippen molar-refractivity contribution < 1.29 is 18.7 Å². The maximum atomic E-state index is 12.3. The number of nitrogens with one attached hydrogen (secondary N) is 3. The first-order valence-corrected chi connectivity index (χ1v) is 10.1. The van der Waals surface area contributed by atoms with Gasteiger partial charge in [-0.3, -0.25) is 15.1 Å². The van der Waals surface area contributed by atoms with Crippen LogP contribution in [0, 0.1) is 0 Å². The quantitative estimate of drug-likeness (QED) is 0.267. The van der Waals surface area contributed by atoms with Crippen molar-refractivity contribution in [2.45, 2.75) is 18.7 Å². The molecule has 5 N–H and O–H groups in total. The maximum absolute atomic E-state index is 12.3. The van der Waals surface area contributed by atoms with E-state index in [4.69, 9.17) is 38.2 Å². The summed E-state index contributed by atoms with van der Waals surface area (Å²) in [7, 11) is 0. The summed E-state index contributed by atoms with van der Waals surface area (Å²) in [5.41, 5.74) is 3.06. The molecule has 0 saturated carbocycles. The number of urea groups is 1. The van der Waals surface area contributed by atoms with Crippen LogP contribution in [0.1, 0.15) is 17.4 Å². The minimum absolute atomic E-state index is 0. The third-order valence-corrected chi connectivity index (χ3v) is 5.35. The molecule has 3 amide bonds. The van der Waals surface area contributed by atoms with E-state index in [9.17, 15) is 9.59 Å². The SMILES string of the molecule is Cl.NNC(=O)C(NC(=O)NC[C@H]1CN(Cc2ccc(Cl)c(Cl)c2)CCO1)c1ccco1. The molecule has 0 aliphatic carbocycles. The van der Waals surface area contributed by atoms with E-state index in [1.165, 1.54) is 6.26 Å². The number of ether oxygens (including phenoxy) is 1. The number of halogens is 3. The first kappa shape index (κ1) is 25.3. The molecule has 3 rings (SSSR count). The number of nitrogens with two attached hydrogens (primary N) is 1. The van der Waals surface area contributed by atoms with Gasteiger partial charge in [-0.2, -0.15) is 0 Å². The summed E-state index contributed by atoms with van der Waals surface area (Å²) < 4.78 is 10.9. The molecule has 2 aromatic rings. The summed E-state index contributed by atoms with van der Waals surface area (Å²) in [6.07, 6.45) is 1.21. The van der Waals surface area contributed by atoms with Gasteiger partial charge in [-0.15, -0.1) is 12.4 Å². The van der Waals surface area contributed by atoms with Gasteiger partial charge in [0.25, 0.3) is 5.91 Å². The highest BCUT2D eigenvalue weighted by Crippen LogP contribution is 2.23. The minimum atomic E-state index is -1.04. The monoisotopic (exact) mass is 491 g/mol. The Morgan fingerprint density at radius 1 is 1.26 bits per heavy atom. The van der Waals surface area contributed by atoms with Crippen molar-refractivity contribution in [2.75, 3.05) is 26.2 Å². The Hall–Kier alpha value is -2.01. The molecule has 31 heavy (non-hydrogen) atoms. The molecule has 1 fully saturated rings. The maximum Gasteiger partial charge on any atom is 0.315 e. The van der Waals surface area contributed by atoms with Gasteiger partial charge in [-0.05, 0) is 29.8 Å². The van der Waals surface area contributed by atoms with Gasteiger partial charge in [0.05, 0.1) is 29.0 Å². The predicted molar refractivity (Wildman–Crippen MR) is 119 cm³/mol. The second-order valence-electron chi connectivity index (χ2n) is 6.79. The molecule has 2 atom stereocenters. The highest BCUT2D eigenvalue weighted by Gasteiger charge is 2.26. The number of hydrogen-bond donors (Lipinski definition) is 4. The summed E-state index contributed by atoms with van der Waals surface area (Å²) in [4.78, 5) is 26.4. The molecule has 0 bridgehead atoms. The summed E-state index contributed by atoms with van der Waals surface area (Å²) in [6.45, 7) is 2.91. The fraction of sp³-hybridized carbons (Fsp3) is 0.368. The zero-order valence-corrected chi connectivity index (χ0v) is 18.8. The molecule has 2 heterocycles. The van der Waals surface area contributed by atoms with Crippen molar-refractivity contribution in [1.82, 2.24) is 21.0 Å². The van der Waals surface area contributed by atoms with Crippen LogP contribution in [-0.2, 0) is 16.1 Å². The number of morpholine rings is 1. The largest absolute Gasteiger partial charge is 0.467 e. The first-order chi connectivity index (χ1) is 14.5. The van der Waals surface area contributed by atoms with Crippen LogP contribution >= 0.6 is 35.6 Å². The van der Waals surface area contributed by atoms with Crippen molar-refractivity contribution >= 4 is 47.5 Å². The Bertz CT molecular complexity index is 868. The van der Waals surface area contributed by atoms with E-state index in [0.717, 1.165) is 12.1 Å². The topological polar surface area (TPSA) is 122 Å². The minimum Gasteiger partial charge on any atom is -0.467 e. The molecule has 1 aromatic carbocycles. The molecule has 9 nitrogen and oxygen atoms in total. The van der Waals surface area contributed by atoms with Gasteiger partial charge in [0.15, 0.2) is 6.04 Å². The average Bonchev–Trinajstić information content (AvgIpc) is 3.27. The van der Waals surface area contributed by atoms with Crippen LogP contribution in [-0.4, -0.2) is 49.2 Å². The van der Waals surface area contributed by atoms with Gasteiger partial charge in [0.1, 0.15) is 5.76 Å². The van der Waals surface area contributed by atoms with Crippen molar-refractivity contribution in [1.29, 1.82) is 0 Å². The van der Waals surface area contributed by atoms with E-state index >= 15 is 0 Å². The first-order valence-electron chi connectivity index (χ1n) is 9.32. The molecule has 12 heteroatoms. The van der Waals surface area contributed by atoms with Crippen LogP contribution in [0.3, 0.4) is 0 Å². The second-order valence-corrected chi connectivity index (χ2v) is 7.60. The lowest BCUT2D eigenvalue weighted by Crippen LogP contribution is -2.50. The van der Waals surface area contributed by atoms with Crippen molar-refractivity contribution in [3.8, 4) is 0 Å². The molecule has 1 aliphatic rings. The summed E-state index contributed by atoms with van der Waals surface area (Å²) in [6, 6.07) is 7.17. The summed E-state index contributed by atoms with van der Waals surface area (Å²) in [5, 5.41) is 6.30. The standard InChI is InChI=1S/C19H23Cl2N5O4.ClH/c20-14-4-3-12(8-15(14)21)10-26-5-7-29-13(11-26)9-23-19(28)24-17(18(27)25-22)16-2-1-6-30-16;/h1-4,6,8,13,17H,5,7,9-11,22H2,(H,25,27)(H2,23,24,28);1H/t13-,17?;/m0./s1. The Balaban J connectivity index is 0.00000341. The molecule has 0 spiro atoms. The Labute approximate surface area is 195 Å². The molecule has 0 radical (unpaired) electrons. The molecular weight excluding hydrogens is 469 g/mol. The van der Waals surface area contributed by atoms with E-state index in [2.05, 4.69) is 15.5 Å². The van der Waals surface area contributed by atoms with Crippen LogP contribution in [0.15, 0.2) is 41.0 Å². The highest BCUT2D eigenvalue weighted by molar-refractivity contribution is 6.42. The molecule has 170 valence electrons. The normalized spacial score (nSPS) is 17.3. The zero-order chi connectivity index (χ0) is 21.5. The lowest BCUT2D eigenvalue weighted by Gasteiger charge is -2.33. The number of hydrazine groups is 1. The van der Waals surface area contributed by atoms with Gasteiger partial charge in [-0.25, -0.2) is 10.6 Å². The predicted octanol–water partition coefficient (Wildman–Crippen LogP) is 2.24. The number of carbonyl (C=O) groups is 2. The van der Waals surface area contributed by atoms with Gasteiger partial charge in [0.2, 0.25) is 0 Å². The summed E-state index contributed by atoms with van der Waals surface area (Å²) >= 11 is 12.0. The Morgan fingerprint density at radius 2 is 2.06 bits per heavy atom. The van der Waals surface area contributed by atoms with Crippen LogP contribution < -0.4 is 21.9 Å². The van der Waals surface area contributed by atoms with E-state index in [1.54, 1.807) is 18.2 Å². The van der Waals surface area contributed by atoms with Gasteiger partial charge < -0.3 is 19.8 Å². The van der Waals surface area contributed by atoms with Crippen LogP contribution in [0.2, 0.25) is 10.0 Å². The van der Waals surface area contributed by atoms with Crippen LogP contribution in [0.4, 0.5) is 4.79 Å². The Kier molecular flexibility index (Phi) is 9.89. The number of hydrogen-bond acceptors (Lipinski definition) is 6. The second kappa shape index (κ2) is 12.1. The van der Waals surface area contributed by atoms with Crippen LogP contribution in [0.5, 0.6) is 0 Å². The number of nitrogens with zero attached hydrogens (tertiary/aromatic N) is 1. The smallest absolute Gasteiger partial charge is 0.315 e. The lowest BCUT2D eigenvalue weighted by atomic mass is 10.2. The molecule has 1 aromatic heterocycles. The third-order valence-electron chi connectivity index (χ3n) is 4.61. The lowest BCUT2D eigenvalue weighted by molar-refractivity contribution is -0.123. The summed E-state index contributed by atoms with van der Waals surface area (Å²) in [5.74, 6) is 4.87.